The topological polar surface area (TPSA) is 57.2 Å². The number of methoxy groups -OCH3 is 1. The van der Waals surface area contributed by atoms with E-state index in [0.29, 0.717) is 6.42 Å². The van der Waals surface area contributed by atoms with Gasteiger partial charge in [-0.3, -0.25) is 4.79 Å². The number of ether oxygens (including phenoxy) is 1. The molecule has 94 valence electrons. The Labute approximate surface area is 106 Å². The molecule has 1 heterocycles. The molecule has 0 saturated heterocycles. The summed E-state index contributed by atoms with van der Waals surface area (Å²) in [5, 5.41) is 0. The summed E-state index contributed by atoms with van der Waals surface area (Å²) >= 11 is 0. The Balaban J connectivity index is 2.15. The first kappa shape index (κ1) is 12.4. The van der Waals surface area contributed by atoms with E-state index >= 15 is 0 Å². The van der Waals surface area contributed by atoms with E-state index in [4.69, 9.17) is 5.73 Å². The van der Waals surface area contributed by atoms with E-state index in [9.17, 15) is 4.79 Å². The molecule has 0 amide bonds. The monoisotopic (exact) mass is 244 g/mol. The van der Waals surface area contributed by atoms with E-state index in [2.05, 4.69) is 4.74 Å². The van der Waals surface area contributed by atoms with Crippen LogP contribution in [0.4, 0.5) is 0 Å². The Bertz CT molecular complexity index is 520. The third kappa shape index (κ3) is 2.78. The third-order valence-electron chi connectivity index (χ3n) is 2.77. The number of benzene rings is 1. The standard InChI is InChI=1S/C14H16N2O2/c1-18-14(17)13(15)10-11-5-4-6-12(9-11)16-7-2-3-8-16/h2-9,13H,10,15H2,1H3. The number of nitrogens with two attached hydrogens (primary N) is 1. The molecular weight excluding hydrogens is 228 g/mol. The third-order valence-corrected chi connectivity index (χ3v) is 2.77. The van der Waals surface area contributed by atoms with Gasteiger partial charge >= 0.3 is 5.97 Å². The van der Waals surface area contributed by atoms with Gasteiger partial charge in [0.2, 0.25) is 0 Å². The highest BCUT2D eigenvalue weighted by molar-refractivity contribution is 5.75. The molecular formula is C14H16N2O2. The minimum Gasteiger partial charge on any atom is -0.468 e. The molecule has 2 rings (SSSR count). The van der Waals surface area contributed by atoms with Crippen molar-refractivity contribution in [3.05, 3.63) is 54.4 Å². The molecule has 0 aliphatic carbocycles. The summed E-state index contributed by atoms with van der Waals surface area (Å²) in [4.78, 5) is 11.3. The van der Waals surface area contributed by atoms with Crippen molar-refractivity contribution in [2.45, 2.75) is 12.5 Å². The largest absolute Gasteiger partial charge is 0.468 e. The van der Waals surface area contributed by atoms with Gasteiger partial charge in [-0.15, -0.1) is 0 Å². The van der Waals surface area contributed by atoms with Gasteiger partial charge in [0.1, 0.15) is 6.04 Å². The van der Waals surface area contributed by atoms with Crippen LogP contribution in [0.25, 0.3) is 5.69 Å². The predicted octanol–water partition coefficient (Wildman–Crippen LogP) is 1.52. The molecule has 0 radical (unpaired) electrons. The molecule has 2 N–H and O–H groups in total. The Morgan fingerprint density at radius 1 is 1.33 bits per heavy atom. The first-order valence-electron chi connectivity index (χ1n) is 5.76. The summed E-state index contributed by atoms with van der Waals surface area (Å²) in [6.45, 7) is 0. The number of aromatic nitrogens is 1. The number of hydrogen-bond donors (Lipinski definition) is 1. The molecule has 0 aliphatic heterocycles. The Morgan fingerprint density at radius 3 is 2.72 bits per heavy atom. The van der Waals surface area contributed by atoms with Gasteiger partial charge < -0.3 is 15.0 Å². The lowest BCUT2D eigenvalue weighted by atomic mass is 10.1. The molecule has 1 atom stereocenters. The second-order valence-electron chi connectivity index (χ2n) is 4.09. The van der Waals surface area contributed by atoms with Gasteiger partial charge in [-0.25, -0.2) is 0 Å². The smallest absolute Gasteiger partial charge is 0.322 e. The van der Waals surface area contributed by atoms with Crippen LogP contribution in [0, 0.1) is 0 Å². The van der Waals surface area contributed by atoms with Crippen LogP contribution in [0.3, 0.4) is 0 Å². The lowest BCUT2D eigenvalue weighted by Gasteiger charge is -2.10. The van der Waals surface area contributed by atoms with Gasteiger partial charge in [-0.2, -0.15) is 0 Å². The molecule has 0 spiro atoms. The number of nitrogens with zero attached hydrogens (tertiary/aromatic N) is 1. The maximum atomic E-state index is 11.3. The molecule has 0 aliphatic rings. The van der Waals surface area contributed by atoms with E-state index in [0.717, 1.165) is 11.3 Å². The fourth-order valence-corrected chi connectivity index (χ4v) is 1.84. The van der Waals surface area contributed by atoms with Crippen LogP contribution in [0.2, 0.25) is 0 Å². The van der Waals surface area contributed by atoms with Crippen LogP contribution in [0.1, 0.15) is 5.56 Å². The molecule has 18 heavy (non-hydrogen) atoms. The summed E-state index contributed by atoms with van der Waals surface area (Å²) in [6.07, 6.45) is 4.42. The van der Waals surface area contributed by atoms with E-state index < -0.39 is 6.04 Å². The SMILES string of the molecule is COC(=O)C(N)Cc1cccc(-n2cccc2)c1. The van der Waals surface area contributed by atoms with Gasteiger partial charge in [0.25, 0.3) is 0 Å². The maximum absolute atomic E-state index is 11.3. The van der Waals surface area contributed by atoms with Crippen molar-refractivity contribution in [2.75, 3.05) is 7.11 Å². The van der Waals surface area contributed by atoms with Crippen molar-refractivity contribution >= 4 is 5.97 Å². The Hall–Kier alpha value is -2.07. The average molecular weight is 244 g/mol. The summed E-state index contributed by atoms with van der Waals surface area (Å²) in [7, 11) is 1.35. The molecule has 1 aromatic heterocycles. The van der Waals surface area contributed by atoms with Crippen LogP contribution < -0.4 is 5.73 Å². The zero-order valence-electron chi connectivity index (χ0n) is 10.2. The number of hydrogen-bond acceptors (Lipinski definition) is 3. The van der Waals surface area contributed by atoms with Gasteiger partial charge in [-0.05, 0) is 36.2 Å². The molecule has 1 unspecified atom stereocenters. The fourth-order valence-electron chi connectivity index (χ4n) is 1.84. The van der Waals surface area contributed by atoms with Crippen LogP contribution in [-0.4, -0.2) is 23.7 Å². The second-order valence-corrected chi connectivity index (χ2v) is 4.09. The van der Waals surface area contributed by atoms with Crippen LogP contribution in [0.15, 0.2) is 48.8 Å². The maximum Gasteiger partial charge on any atom is 0.322 e. The van der Waals surface area contributed by atoms with Crippen molar-refractivity contribution in [1.82, 2.24) is 4.57 Å². The second kappa shape index (κ2) is 5.51. The highest BCUT2D eigenvalue weighted by atomic mass is 16.5. The summed E-state index contributed by atoms with van der Waals surface area (Å²) in [5.74, 6) is -0.388. The average Bonchev–Trinajstić information content (AvgIpc) is 2.92. The zero-order chi connectivity index (χ0) is 13.0. The molecule has 1 aromatic carbocycles. The Kier molecular flexibility index (Phi) is 3.79. The molecule has 0 saturated carbocycles. The van der Waals surface area contributed by atoms with Crippen LogP contribution in [0.5, 0.6) is 0 Å². The van der Waals surface area contributed by atoms with Crippen molar-refractivity contribution in [3.8, 4) is 5.69 Å². The number of carbonyl (C=O) groups excluding carboxylic acids is 1. The van der Waals surface area contributed by atoms with Crippen molar-refractivity contribution in [3.63, 3.8) is 0 Å². The van der Waals surface area contributed by atoms with E-state index in [1.807, 2.05) is 53.4 Å². The van der Waals surface area contributed by atoms with E-state index in [1.54, 1.807) is 0 Å². The van der Waals surface area contributed by atoms with Gasteiger partial charge in [0.15, 0.2) is 0 Å². The molecule has 4 heteroatoms. The quantitative estimate of drug-likeness (QED) is 0.830. The minimum atomic E-state index is -0.616. The molecule has 4 nitrogen and oxygen atoms in total. The first-order valence-corrected chi connectivity index (χ1v) is 5.76. The highest BCUT2D eigenvalue weighted by Crippen LogP contribution is 2.12. The van der Waals surface area contributed by atoms with Crippen LogP contribution >= 0.6 is 0 Å². The van der Waals surface area contributed by atoms with Gasteiger partial charge in [0, 0.05) is 18.1 Å². The first-order chi connectivity index (χ1) is 8.70. The van der Waals surface area contributed by atoms with Crippen LogP contribution in [-0.2, 0) is 16.0 Å². The lowest BCUT2D eigenvalue weighted by molar-refractivity contribution is -0.142. The fraction of sp³-hybridized carbons (Fsp3) is 0.214. The molecule has 0 bridgehead atoms. The van der Waals surface area contributed by atoms with Crippen molar-refractivity contribution in [2.24, 2.45) is 5.73 Å². The number of rotatable bonds is 4. The predicted molar refractivity (Wildman–Crippen MR) is 69.5 cm³/mol. The summed E-state index contributed by atoms with van der Waals surface area (Å²) in [6, 6.07) is 11.2. The highest BCUT2D eigenvalue weighted by Gasteiger charge is 2.14. The van der Waals surface area contributed by atoms with Crippen molar-refractivity contribution < 1.29 is 9.53 Å². The number of carbonyl (C=O) groups is 1. The summed E-state index contributed by atoms with van der Waals surface area (Å²) < 4.78 is 6.62. The lowest BCUT2D eigenvalue weighted by Crippen LogP contribution is -2.33. The zero-order valence-corrected chi connectivity index (χ0v) is 10.2. The van der Waals surface area contributed by atoms with Gasteiger partial charge in [-0.1, -0.05) is 12.1 Å². The summed E-state index contributed by atoms with van der Waals surface area (Å²) in [5.41, 5.74) is 7.81. The van der Waals surface area contributed by atoms with E-state index in [-0.39, 0.29) is 5.97 Å². The van der Waals surface area contributed by atoms with Crippen molar-refractivity contribution in [1.29, 1.82) is 0 Å². The molecule has 2 aromatic rings. The Morgan fingerprint density at radius 2 is 2.06 bits per heavy atom. The normalized spacial score (nSPS) is 12.1. The van der Waals surface area contributed by atoms with E-state index in [1.165, 1.54) is 7.11 Å². The number of esters is 1. The minimum absolute atomic E-state index is 0.388. The molecule has 0 fully saturated rings. The van der Waals surface area contributed by atoms with Gasteiger partial charge in [0.05, 0.1) is 7.11 Å².